The van der Waals surface area contributed by atoms with Gasteiger partial charge in [-0.2, -0.15) is 4.99 Å². The van der Waals surface area contributed by atoms with Gasteiger partial charge in [-0.05, 0) is 6.42 Å². The van der Waals surface area contributed by atoms with Crippen LogP contribution in [0.1, 0.15) is 26.2 Å². The largest absolute Gasteiger partial charge is 0.370 e. The summed E-state index contributed by atoms with van der Waals surface area (Å²) >= 11 is 0. The van der Waals surface area contributed by atoms with Crippen molar-refractivity contribution in [2.45, 2.75) is 26.2 Å². The molecule has 58 valence electrons. The second kappa shape index (κ2) is 4.78. The molecule has 10 heavy (non-hydrogen) atoms. The van der Waals surface area contributed by atoms with Gasteiger partial charge in [0.05, 0.1) is 0 Å². The van der Waals surface area contributed by atoms with Crippen LogP contribution in [-0.2, 0) is 4.79 Å². The molecule has 0 aromatic carbocycles. The number of carbonyl (C=O) groups excluding carboxylic acids is 1. The van der Waals surface area contributed by atoms with Crippen LogP contribution in [0.25, 0.3) is 0 Å². The Morgan fingerprint density at radius 3 is 2.50 bits per heavy atom. The molecule has 0 rings (SSSR count). The average Bonchev–Trinajstić information content (AvgIpc) is 1.82. The quantitative estimate of drug-likeness (QED) is 0.430. The van der Waals surface area contributed by atoms with E-state index in [0.717, 1.165) is 12.8 Å². The predicted octanol–water partition coefficient (Wildman–Crippen LogP) is -0.0234. The first-order chi connectivity index (χ1) is 4.66. The highest BCUT2D eigenvalue weighted by Gasteiger charge is 1.96. The Labute approximate surface area is 60.3 Å². The number of aliphatic imine (C=N–C) groups is 1. The summed E-state index contributed by atoms with van der Waals surface area (Å²) in [5.74, 6) is -0.386. The molecule has 0 fully saturated rings. The Balaban J connectivity index is 3.54. The monoisotopic (exact) mass is 143 g/mol. The molecule has 0 atom stereocenters. The molecule has 4 heteroatoms. The number of carbonyl (C=O) groups is 1. The SMILES string of the molecule is CCCCC(=O)N=C(N)N. The van der Waals surface area contributed by atoms with Crippen LogP contribution in [0, 0.1) is 0 Å². The lowest BCUT2D eigenvalue weighted by Crippen LogP contribution is -2.24. The molecule has 0 saturated carbocycles. The van der Waals surface area contributed by atoms with E-state index in [9.17, 15) is 4.79 Å². The number of guanidine groups is 1. The number of amides is 1. The van der Waals surface area contributed by atoms with Gasteiger partial charge in [-0.1, -0.05) is 13.3 Å². The van der Waals surface area contributed by atoms with Crippen molar-refractivity contribution in [2.24, 2.45) is 16.5 Å². The maximum Gasteiger partial charge on any atom is 0.248 e. The molecule has 0 radical (unpaired) electrons. The second-order valence-corrected chi connectivity index (χ2v) is 2.03. The molecule has 0 aromatic rings. The Kier molecular flexibility index (Phi) is 4.28. The number of unbranched alkanes of at least 4 members (excludes halogenated alkanes) is 1. The molecule has 0 bridgehead atoms. The van der Waals surface area contributed by atoms with Crippen molar-refractivity contribution in [3.05, 3.63) is 0 Å². The highest BCUT2D eigenvalue weighted by atomic mass is 16.1. The fourth-order valence-corrected chi connectivity index (χ4v) is 0.528. The first kappa shape index (κ1) is 8.94. The summed E-state index contributed by atoms with van der Waals surface area (Å²) in [6.07, 6.45) is 2.26. The van der Waals surface area contributed by atoms with Crippen LogP contribution in [0.5, 0.6) is 0 Å². The van der Waals surface area contributed by atoms with Gasteiger partial charge in [-0.3, -0.25) is 4.79 Å². The van der Waals surface area contributed by atoms with E-state index in [0.29, 0.717) is 6.42 Å². The van der Waals surface area contributed by atoms with Crippen LogP contribution in [0.15, 0.2) is 4.99 Å². The molecular weight excluding hydrogens is 130 g/mol. The molecule has 0 saturated heterocycles. The number of nitrogens with two attached hydrogens (primary N) is 2. The minimum Gasteiger partial charge on any atom is -0.370 e. The minimum atomic E-state index is -0.234. The number of rotatable bonds is 3. The van der Waals surface area contributed by atoms with Crippen molar-refractivity contribution in [3.63, 3.8) is 0 Å². The van der Waals surface area contributed by atoms with Crippen molar-refractivity contribution in [1.29, 1.82) is 0 Å². The summed E-state index contributed by atoms with van der Waals surface area (Å²) in [4.78, 5) is 14.0. The number of hydrogen-bond acceptors (Lipinski definition) is 1. The van der Waals surface area contributed by atoms with Crippen LogP contribution in [0.2, 0.25) is 0 Å². The van der Waals surface area contributed by atoms with Gasteiger partial charge < -0.3 is 11.5 Å². The van der Waals surface area contributed by atoms with Crippen molar-refractivity contribution >= 4 is 11.9 Å². The fraction of sp³-hybridized carbons (Fsp3) is 0.667. The summed E-state index contributed by atoms with van der Waals surface area (Å²) < 4.78 is 0. The van der Waals surface area contributed by atoms with Crippen LogP contribution >= 0.6 is 0 Å². The van der Waals surface area contributed by atoms with E-state index in [-0.39, 0.29) is 11.9 Å². The third-order valence-electron chi connectivity index (χ3n) is 0.998. The maximum atomic E-state index is 10.7. The molecule has 1 amide bonds. The summed E-state index contributed by atoms with van der Waals surface area (Å²) in [5.41, 5.74) is 9.94. The van der Waals surface area contributed by atoms with Crippen LogP contribution < -0.4 is 11.5 Å². The van der Waals surface area contributed by atoms with Gasteiger partial charge in [0.2, 0.25) is 5.91 Å². The molecule has 0 aliphatic carbocycles. The van der Waals surface area contributed by atoms with Gasteiger partial charge >= 0.3 is 0 Å². The molecular formula is C6H13N3O. The summed E-state index contributed by atoms with van der Waals surface area (Å²) in [5, 5.41) is 0. The van der Waals surface area contributed by atoms with Crippen molar-refractivity contribution in [3.8, 4) is 0 Å². The molecule has 4 nitrogen and oxygen atoms in total. The number of hydrogen-bond donors (Lipinski definition) is 2. The van der Waals surface area contributed by atoms with Crippen molar-refractivity contribution in [1.82, 2.24) is 0 Å². The maximum absolute atomic E-state index is 10.7. The Bertz CT molecular complexity index is 138. The highest BCUT2D eigenvalue weighted by Crippen LogP contribution is 1.94. The van der Waals surface area contributed by atoms with Gasteiger partial charge in [-0.25, -0.2) is 0 Å². The van der Waals surface area contributed by atoms with Crippen LogP contribution in [0.3, 0.4) is 0 Å². The van der Waals surface area contributed by atoms with Gasteiger partial charge in [-0.15, -0.1) is 0 Å². The molecule has 0 unspecified atom stereocenters. The average molecular weight is 143 g/mol. The lowest BCUT2D eigenvalue weighted by atomic mass is 10.2. The zero-order chi connectivity index (χ0) is 7.98. The van der Waals surface area contributed by atoms with E-state index < -0.39 is 0 Å². The standard InChI is InChI=1S/C6H13N3O/c1-2-3-4-5(10)9-6(7)8/h2-4H2,1H3,(H4,7,8,9,10). The highest BCUT2D eigenvalue weighted by molar-refractivity contribution is 5.91. The van der Waals surface area contributed by atoms with E-state index in [1.54, 1.807) is 0 Å². The molecule has 4 N–H and O–H groups in total. The lowest BCUT2D eigenvalue weighted by molar-refractivity contribution is -0.117. The van der Waals surface area contributed by atoms with Gasteiger partial charge in [0, 0.05) is 6.42 Å². The molecule has 0 spiro atoms. The van der Waals surface area contributed by atoms with E-state index >= 15 is 0 Å². The first-order valence-corrected chi connectivity index (χ1v) is 3.29. The van der Waals surface area contributed by atoms with Crippen LogP contribution in [-0.4, -0.2) is 11.9 Å². The van der Waals surface area contributed by atoms with E-state index in [2.05, 4.69) is 4.99 Å². The van der Waals surface area contributed by atoms with Crippen molar-refractivity contribution < 1.29 is 4.79 Å². The predicted molar refractivity (Wildman–Crippen MR) is 40.3 cm³/mol. The summed E-state index contributed by atoms with van der Waals surface area (Å²) in [7, 11) is 0. The Morgan fingerprint density at radius 1 is 1.50 bits per heavy atom. The first-order valence-electron chi connectivity index (χ1n) is 3.29. The van der Waals surface area contributed by atoms with Crippen molar-refractivity contribution in [2.75, 3.05) is 0 Å². The third-order valence-corrected chi connectivity index (χ3v) is 0.998. The fourth-order valence-electron chi connectivity index (χ4n) is 0.528. The smallest absolute Gasteiger partial charge is 0.248 e. The molecule has 0 aliphatic rings. The van der Waals surface area contributed by atoms with E-state index in [1.807, 2.05) is 6.92 Å². The zero-order valence-corrected chi connectivity index (χ0v) is 6.13. The Hall–Kier alpha value is -1.06. The second-order valence-electron chi connectivity index (χ2n) is 2.03. The minimum absolute atomic E-state index is 0.152. The zero-order valence-electron chi connectivity index (χ0n) is 6.13. The van der Waals surface area contributed by atoms with Gasteiger partial charge in [0.25, 0.3) is 0 Å². The molecule has 0 heterocycles. The molecule has 0 aromatic heterocycles. The Morgan fingerprint density at radius 2 is 2.10 bits per heavy atom. The summed E-state index contributed by atoms with van der Waals surface area (Å²) in [6.45, 7) is 2.00. The normalized spacial score (nSPS) is 8.90. The van der Waals surface area contributed by atoms with E-state index in [4.69, 9.17) is 11.5 Å². The lowest BCUT2D eigenvalue weighted by Gasteiger charge is -1.91. The third kappa shape index (κ3) is 5.08. The van der Waals surface area contributed by atoms with E-state index in [1.165, 1.54) is 0 Å². The number of nitrogens with zero attached hydrogens (tertiary/aromatic N) is 1. The topological polar surface area (TPSA) is 81.5 Å². The van der Waals surface area contributed by atoms with Gasteiger partial charge in [0.15, 0.2) is 5.96 Å². The van der Waals surface area contributed by atoms with Crippen LogP contribution in [0.4, 0.5) is 0 Å². The van der Waals surface area contributed by atoms with Gasteiger partial charge in [0.1, 0.15) is 0 Å². The summed E-state index contributed by atoms with van der Waals surface area (Å²) in [6, 6.07) is 0. The molecule has 0 aliphatic heterocycles.